The quantitative estimate of drug-likeness (QED) is 0.798. The van der Waals surface area contributed by atoms with E-state index in [-0.39, 0.29) is 5.91 Å². The van der Waals surface area contributed by atoms with Gasteiger partial charge in [-0.2, -0.15) is 0 Å². The van der Waals surface area contributed by atoms with Crippen molar-refractivity contribution in [3.63, 3.8) is 0 Å². The van der Waals surface area contributed by atoms with Crippen LogP contribution in [0.5, 0.6) is 0 Å². The second kappa shape index (κ2) is 9.48. The smallest absolute Gasteiger partial charge is 0.255 e. The van der Waals surface area contributed by atoms with Gasteiger partial charge in [0.15, 0.2) is 5.60 Å². The molecule has 5 nitrogen and oxygen atoms in total. The van der Waals surface area contributed by atoms with Crippen LogP contribution in [0.3, 0.4) is 0 Å². The monoisotopic (exact) mass is 399 g/mol. The van der Waals surface area contributed by atoms with Crippen LogP contribution in [0.4, 0.5) is 5.69 Å². The summed E-state index contributed by atoms with van der Waals surface area (Å²) in [6.45, 7) is 5.80. The number of hydrogen-bond acceptors (Lipinski definition) is 4. The number of rotatable bonds is 6. The molecule has 160 valence electrons. The van der Waals surface area contributed by atoms with Gasteiger partial charge < -0.3 is 14.9 Å². The minimum atomic E-state index is -1.19. The van der Waals surface area contributed by atoms with Crippen molar-refractivity contribution in [2.45, 2.75) is 57.0 Å². The largest absolute Gasteiger partial charge is 0.379 e. The minimum Gasteiger partial charge on any atom is -0.379 e. The van der Waals surface area contributed by atoms with Gasteiger partial charge in [0.25, 0.3) is 5.91 Å². The standard InChI is InChI=1S/C24H37N3O2/c28-23-24(29,13-7-14-27(23)15-12-21-8-3-1-4-9-21)20-25-16-18-26(19-17-25)22-10-5-2-6-11-22/h2,5-6,10-11,21,29H,1,3-4,7-9,12-20H2/t24-/m0/s1. The second-order valence-electron chi connectivity index (χ2n) is 9.32. The highest BCUT2D eigenvalue weighted by Gasteiger charge is 2.43. The Morgan fingerprint density at radius 2 is 1.66 bits per heavy atom. The summed E-state index contributed by atoms with van der Waals surface area (Å²) in [6, 6.07) is 10.5. The molecule has 2 heterocycles. The predicted molar refractivity (Wildman–Crippen MR) is 117 cm³/mol. The lowest BCUT2D eigenvalue weighted by atomic mass is 9.86. The number of amides is 1. The Kier molecular flexibility index (Phi) is 6.76. The van der Waals surface area contributed by atoms with Gasteiger partial charge in [-0.25, -0.2) is 0 Å². The summed E-state index contributed by atoms with van der Waals surface area (Å²) in [5.41, 5.74) is 0.0632. The molecule has 1 aromatic carbocycles. The average molecular weight is 400 g/mol. The zero-order valence-electron chi connectivity index (χ0n) is 17.8. The van der Waals surface area contributed by atoms with Crippen molar-refractivity contribution in [2.24, 2.45) is 5.92 Å². The van der Waals surface area contributed by atoms with Crippen LogP contribution >= 0.6 is 0 Å². The van der Waals surface area contributed by atoms with E-state index in [0.29, 0.717) is 13.0 Å². The Balaban J connectivity index is 1.28. The Hall–Kier alpha value is -1.59. The average Bonchev–Trinajstić information content (AvgIpc) is 2.77. The molecule has 1 aliphatic carbocycles. The van der Waals surface area contributed by atoms with Gasteiger partial charge in [-0.1, -0.05) is 50.3 Å². The molecule has 3 aliphatic rings. The third kappa shape index (κ3) is 5.13. The number of anilines is 1. The van der Waals surface area contributed by atoms with Crippen LogP contribution in [0.25, 0.3) is 0 Å². The molecule has 1 saturated carbocycles. The number of likely N-dealkylation sites (tertiary alicyclic amines) is 1. The van der Waals surface area contributed by atoms with Crippen molar-refractivity contribution in [1.29, 1.82) is 0 Å². The number of benzene rings is 1. The number of nitrogens with zero attached hydrogens (tertiary/aromatic N) is 3. The number of carbonyl (C=O) groups is 1. The topological polar surface area (TPSA) is 47.0 Å². The van der Waals surface area contributed by atoms with E-state index in [2.05, 4.69) is 34.1 Å². The Labute approximate surface area is 175 Å². The summed E-state index contributed by atoms with van der Waals surface area (Å²) < 4.78 is 0. The molecule has 1 atom stereocenters. The van der Waals surface area contributed by atoms with Crippen molar-refractivity contribution < 1.29 is 9.90 Å². The van der Waals surface area contributed by atoms with Gasteiger partial charge in [-0.15, -0.1) is 0 Å². The van der Waals surface area contributed by atoms with Crippen molar-refractivity contribution in [1.82, 2.24) is 9.80 Å². The van der Waals surface area contributed by atoms with Crippen molar-refractivity contribution in [2.75, 3.05) is 50.7 Å². The van der Waals surface area contributed by atoms with Gasteiger partial charge in [0.05, 0.1) is 0 Å². The van der Waals surface area contributed by atoms with Gasteiger partial charge in [-0.05, 0) is 37.3 Å². The fraction of sp³-hybridized carbons (Fsp3) is 0.708. The molecule has 0 radical (unpaired) electrons. The van der Waals surface area contributed by atoms with Crippen LogP contribution in [-0.2, 0) is 4.79 Å². The number of para-hydroxylation sites is 1. The molecule has 2 aliphatic heterocycles. The maximum atomic E-state index is 13.1. The minimum absolute atomic E-state index is 0.0231. The number of β-amino-alcohol motifs (C(OH)–C–C–N with tert-alkyl or cyclic N) is 1. The lowest BCUT2D eigenvalue weighted by molar-refractivity contribution is -0.159. The maximum Gasteiger partial charge on any atom is 0.255 e. The molecule has 29 heavy (non-hydrogen) atoms. The zero-order chi connectivity index (χ0) is 20.1. The Morgan fingerprint density at radius 1 is 0.931 bits per heavy atom. The third-order valence-corrected chi connectivity index (χ3v) is 7.21. The SMILES string of the molecule is O=C1N(CCC2CCCCC2)CCC[C@]1(O)CN1CCN(c2ccccc2)CC1. The van der Waals surface area contributed by atoms with Crippen LogP contribution in [0.1, 0.15) is 51.4 Å². The number of aliphatic hydroxyl groups is 1. The van der Waals surface area contributed by atoms with E-state index in [1.54, 1.807) is 0 Å². The number of piperidine rings is 1. The van der Waals surface area contributed by atoms with Gasteiger partial charge in [0, 0.05) is 51.5 Å². The molecule has 0 spiro atoms. The highest BCUT2D eigenvalue weighted by atomic mass is 16.3. The van der Waals surface area contributed by atoms with Crippen LogP contribution < -0.4 is 4.90 Å². The number of hydrogen-bond donors (Lipinski definition) is 1. The van der Waals surface area contributed by atoms with E-state index in [0.717, 1.165) is 58.0 Å². The Bertz CT molecular complexity index is 653. The molecule has 0 bridgehead atoms. The fourth-order valence-electron chi connectivity index (χ4n) is 5.41. The summed E-state index contributed by atoms with van der Waals surface area (Å²) >= 11 is 0. The second-order valence-corrected chi connectivity index (χ2v) is 9.32. The molecular weight excluding hydrogens is 362 g/mol. The molecular formula is C24H37N3O2. The predicted octanol–water partition coefficient (Wildman–Crippen LogP) is 3.13. The van der Waals surface area contributed by atoms with E-state index in [1.807, 2.05) is 11.0 Å². The van der Waals surface area contributed by atoms with Gasteiger partial charge in [-0.3, -0.25) is 9.69 Å². The first-order chi connectivity index (χ1) is 14.1. The molecule has 1 N–H and O–H groups in total. The lowest BCUT2D eigenvalue weighted by Gasteiger charge is -2.43. The van der Waals surface area contributed by atoms with Crippen LogP contribution in [0, 0.1) is 5.92 Å². The fourth-order valence-corrected chi connectivity index (χ4v) is 5.41. The molecule has 3 fully saturated rings. The normalized spacial score (nSPS) is 27.4. The Morgan fingerprint density at radius 3 is 2.38 bits per heavy atom. The molecule has 4 rings (SSSR count). The van der Waals surface area contributed by atoms with Crippen LogP contribution in [-0.4, -0.2) is 72.2 Å². The number of piperazine rings is 1. The summed E-state index contributed by atoms with van der Waals surface area (Å²) in [7, 11) is 0. The summed E-state index contributed by atoms with van der Waals surface area (Å²) in [6.07, 6.45) is 9.32. The van der Waals surface area contributed by atoms with E-state index < -0.39 is 5.60 Å². The molecule has 1 aromatic rings. The molecule has 0 aromatic heterocycles. The number of carbonyl (C=O) groups excluding carboxylic acids is 1. The third-order valence-electron chi connectivity index (χ3n) is 7.21. The van der Waals surface area contributed by atoms with Crippen molar-refractivity contribution in [3.05, 3.63) is 30.3 Å². The summed E-state index contributed by atoms with van der Waals surface area (Å²) in [4.78, 5) is 19.7. The zero-order valence-corrected chi connectivity index (χ0v) is 17.8. The molecule has 2 saturated heterocycles. The summed E-state index contributed by atoms with van der Waals surface area (Å²) in [5.74, 6) is 0.752. The first-order valence-corrected chi connectivity index (χ1v) is 11.7. The molecule has 1 amide bonds. The highest BCUT2D eigenvalue weighted by Crippen LogP contribution is 2.29. The van der Waals surface area contributed by atoms with Gasteiger partial charge in [0.2, 0.25) is 0 Å². The van der Waals surface area contributed by atoms with E-state index >= 15 is 0 Å². The highest BCUT2D eigenvalue weighted by molar-refractivity contribution is 5.86. The van der Waals surface area contributed by atoms with E-state index in [1.165, 1.54) is 37.8 Å². The molecule has 5 heteroatoms. The van der Waals surface area contributed by atoms with Gasteiger partial charge >= 0.3 is 0 Å². The first-order valence-electron chi connectivity index (χ1n) is 11.7. The molecule has 0 unspecified atom stereocenters. The van der Waals surface area contributed by atoms with Crippen LogP contribution in [0.2, 0.25) is 0 Å². The van der Waals surface area contributed by atoms with Crippen LogP contribution in [0.15, 0.2) is 30.3 Å². The maximum absolute atomic E-state index is 13.1. The van der Waals surface area contributed by atoms with Crippen molar-refractivity contribution in [3.8, 4) is 0 Å². The van der Waals surface area contributed by atoms with Crippen molar-refractivity contribution >= 4 is 11.6 Å². The first kappa shape index (κ1) is 20.7. The van der Waals surface area contributed by atoms with Gasteiger partial charge in [0.1, 0.15) is 0 Å². The van der Waals surface area contributed by atoms with E-state index in [9.17, 15) is 9.90 Å². The summed E-state index contributed by atoms with van der Waals surface area (Å²) in [5, 5.41) is 11.2. The lowest BCUT2D eigenvalue weighted by Crippen LogP contribution is -2.60. The van der Waals surface area contributed by atoms with E-state index in [4.69, 9.17) is 0 Å².